The lowest BCUT2D eigenvalue weighted by Gasteiger charge is -1.83. The van der Waals surface area contributed by atoms with Gasteiger partial charge in [0.25, 0.3) is 0 Å². The van der Waals surface area contributed by atoms with Crippen LogP contribution >= 0.6 is 12.6 Å². The number of allylic oxidation sites excluding steroid dienone is 1. The zero-order valence-electron chi connectivity index (χ0n) is 5.20. The summed E-state index contributed by atoms with van der Waals surface area (Å²) in [6.07, 6.45) is 4.33. The third kappa shape index (κ3) is 2.01. The highest BCUT2D eigenvalue weighted by Crippen LogP contribution is 2.06. The van der Waals surface area contributed by atoms with E-state index in [4.69, 9.17) is 0 Å². The molecule has 0 spiro atoms. The van der Waals surface area contributed by atoms with Gasteiger partial charge in [-0.15, -0.1) is 12.6 Å². The minimum Gasteiger partial charge on any atom is -0.246 e. The van der Waals surface area contributed by atoms with Crippen LogP contribution in [-0.2, 0) is 0 Å². The van der Waals surface area contributed by atoms with E-state index in [1.54, 1.807) is 6.20 Å². The molecule has 2 nitrogen and oxygen atoms in total. The lowest BCUT2D eigenvalue weighted by Crippen LogP contribution is -1.81. The molecule has 3 heteroatoms. The molecular formula is C6H8N2S. The van der Waals surface area contributed by atoms with Crippen molar-refractivity contribution in [2.45, 2.75) is 13.3 Å². The minimum atomic E-state index is 0.791. The van der Waals surface area contributed by atoms with E-state index in [0.717, 1.165) is 17.2 Å². The van der Waals surface area contributed by atoms with Gasteiger partial charge in [0.2, 0.25) is 0 Å². The summed E-state index contributed by atoms with van der Waals surface area (Å²) in [5.41, 5.74) is 0. The van der Waals surface area contributed by atoms with Crippen molar-refractivity contribution in [1.82, 2.24) is 0 Å². The van der Waals surface area contributed by atoms with Crippen molar-refractivity contribution in [2.75, 3.05) is 0 Å². The molecule has 0 aromatic heterocycles. The Kier molecular flexibility index (Phi) is 2.05. The predicted molar refractivity (Wildman–Crippen MR) is 43.3 cm³/mol. The Labute approximate surface area is 59.8 Å². The number of hydrogen-bond acceptors (Lipinski definition) is 3. The van der Waals surface area contributed by atoms with Crippen molar-refractivity contribution in [2.24, 2.45) is 9.98 Å². The second-order valence-corrected chi connectivity index (χ2v) is 2.39. The van der Waals surface area contributed by atoms with Gasteiger partial charge in [0.15, 0.2) is 0 Å². The average molecular weight is 140 g/mol. The molecule has 0 unspecified atom stereocenters. The van der Waals surface area contributed by atoms with E-state index >= 15 is 0 Å². The van der Waals surface area contributed by atoms with Crippen LogP contribution in [0.2, 0.25) is 0 Å². The van der Waals surface area contributed by atoms with Gasteiger partial charge in [-0.05, 0) is 6.92 Å². The van der Waals surface area contributed by atoms with Gasteiger partial charge in [-0.3, -0.25) is 0 Å². The summed E-state index contributed by atoms with van der Waals surface area (Å²) in [5.74, 6) is 0.791. The van der Waals surface area contributed by atoms with E-state index in [1.807, 2.05) is 13.1 Å². The normalized spacial score (nSPS) is 18.4. The zero-order valence-corrected chi connectivity index (χ0v) is 6.10. The second-order valence-electron chi connectivity index (χ2n) is 1.81. The number of amidine groups is 1. The first kappa shape index (κ1) is 6.55. The van der Waals surface area contributed by atoms with Gasteiger partial charge in [0, 0.05) is 23.7 Å². The Morgan fingerprint density at radius 3 is 3.22 bits per heavy atom. The van der Waals surface area contributed by atoms with Crippen LogP contribution in [0.4, 0.5) is 0 Å². The van der Waals surface area contributed by atoms with Crippen LogP contribution in [0.15, 0.2) is 21.1 Å². The van der Waals surface area contributed by atoms with Crippen LogP contribution in [0.1, 0.15) is 13.3 Å². The fraction of sp³-hybridized carbons (Fsp3) is 0.333. The van der Waals surface area contributed by atoms with Crippen molar-refractivity contribution < 1.29 is 0 Å². The lowest BCUT2D eigenvalue weighted by molar-refractivity contribution is 1.44. The number of thiol groups is 1. The standard InChI is InChI=1S/C6H8N2S/c1-5-7-3-2-6(9)4-8-5/h3-4,9H,2H2,1H3. The summed E-state index contributed by atoms with van der Waals surface area (Å²) in [5, 5.41) is 0. The van der Waals surface area contributed by atoms with Gasteiger partial charge in [0.05, 0.1) is 0 Å². The number of nitrogens with zero attached hydrogens (tertiary/aromatic N) is 2. The molecule has 1 rings (SSSR count). The molecule has 0 bridgehead atoms. The van der Waals surface area contributed by atoms with Crippen molar-refractivity contribution >= 4 is 24.7 Å². The lowest BCUT2D eigenvalue weighted by atomic mass is 10.4. The first-order chi connectivity index (χ1) is 4.29. The van der Waals surface area contributed by atoms with Gasteiger partial charge in [-0.1, -0.05) is 0 Å². The maximum Gasteiger partial charge on any atom is 0.124 e. The molecule has 1 aliphatic rings. The maximum absolute atomic E-state index is 4.13. The minimum absolute atomic E-state index is 0.791. The van der Waals surface area contributed by atoms with E-state index in [-0.39, 0.29) is 0 Å². The highest BCUT2D eigenvalue weighted by atomic mass is 32.1. The molecule has 0 amide bonds. The van der Waals surface area contributed by atoms with Crippen LogP contribution in [0.5, 0.6) is 0 Å². The van der Waals surface area contributed by atoms with Gasteiger partial charge >= 0.3 is 0 Å². The monoisotopic (exact) mass is 140 g/mol. The van der Waals surface area contributed by atoms with Crippen molar-refractivity contribution in [3.63, 3.8) is 0 Å². The van der Waals surface area contributed by atoms with E-state index in [1.165, 1.54) is 0 Å². The fourth-order valence-corrected chi connectivity index (χ4v) is 0.665. The summed E-state index contributed by atoms with van der Waals surface area (Å²) in [6, 6.07) is 0. The summed E-state index contributed by atoms with van der Waals surface area (Å²) in [7, 11) is 0. The molecule has 0 aromatic carbocycles. The number of aliphatic imine (C=N–C) groups is 2. The Hall–Kier alpha value is -0.570. The molecule has 0 atom stereocenters. The fourth-order valence-electron chi connectivity index (χ4n) is 0.525. The van der Waals surface area contributed by atoms with E-state index in [0.29, 0.717) is 0 Å². The Bertz CT molecular complexity index is 191. The molecule has 0 saturated carbocycles. The Morgan fingerprint density at radius 1 is 1.67 bits per heavy atom. The third-order valence-corrected chi connectivity index (χ3v) is 1.28. The SMILES string of the molecule is CC1=NC=C(S)CC=N1. The maximum atomic E-state index is 4.13. The average Bonchev–Trinajstić information content (AvgIpc) is 1.97. The largest absolute Gasteiger partial charge is 0.246 e. The highest BCUT2D eigenvalue weighted by molar-refractivity contribution is 7.84. The zero-order chi connectivity index (χ0) is 6.69. The van der Waals surface area contributed by atoms with Crippen LogP contribution < -0.4 is 0 Å². The van der Waals surface area contributed by atoms with Crippen LogP contribution in [0.25, 0.3) is 0 Å². The molecule has 0 radical (unpaired) electrons. The second kappa shape index (κ2) is 2.82. The van der Waals surface area contributed by atoms with Gasteiger partial charge in [-0.2, -0.15) is 0 Å². The first-order valence-electron chi connectivity index (χ1n) is 2.74. The molecule has 0 fully saturated rings. The van der Waals surface area contributed by atoms with Crippen molar-refractivity contribution in [3.05, 3.63) is 11.1 Å². The topological polar surface area (TPSA) is 24.7 Å². The van der Waals surface area contributed by atoms with Gasteiger partial charge in [-0.25, -0.2) is 9.98 Å². The molecule has 1 aliphatic heterocycles. The first-order valence-corrected chi connectivity index (χ1v) is 3.18. The summed E-state index contributed by atoms with van der Waals surface area (Å²) >= 11 is 4.13. The third-order valence-electron chi connectivity index (χ3n) is 0.979. The molecule has 1 heterocycles. The summed E-state index contributed by atoms with van der Waals surface area (Å²) < 4.78 is 0. The van der Waals surface area contributed by atoms with Gasteiger partial charge < -0.3 is 0 Å². The molecular weight excluding hydrogens is 132 g/mol. The van der Waals surface area contributed by atoms with E-state index in [9.17, 15) is 0 Å². The van der Waals surface area contributed by atoms with E-state index < -0.39 is 0 Å². The van der Waals surface area contributed by atoms with Crippen molar-refractivity contribution in [1.29, 1.82) is 0 Å². The summed E-state index contributed by atoms with van der Waals surface area (Å²) in [4.78, 5) is 8.94. The molecule has 0 saturated heterocycles. The number of rotatable bonds is 0. The van der Waals surface area contributed by atoms with Crippen molar-refractivity contribution in [3.8, 4) is 0 Å². The molecule has 48 valence electrons. The molecule has 0 N–H and O–H groups in total. The number of hydrogen-bond donors (Lipinski definition) is 1. The van der Waals surface area contributed by atoms with Crippen LogP contribution in [-0.4, -0.2) is 12.1 Å². The Morgan fingerprint density at radius 2 is 2.44 bits per heavy atom. The Balaban J connectivity index is 2.80. The van der Waals surface area contributed by atoms with Crippen LogP contribution in [0.3, 0.4) is 0 Å². The van der Waals surface area contributed by atoms with Crippen LogP contribution in [0, 0.1) is 0 Å². The predicted octanol–water partition coefficient (Wildman–Crippen LogP) is 1.65. The molecule has 9 heavy (non-hydrogen) atoms. The highest BCUT2D eigenvalue weighted by Gasteiger charge is 1.91. The molecule has 0 aromatic rings. The smallest absolute Gasteiger partial charge is 0.124 e. The van der Waals surface area contributed by atoms with E-state index in [2.05, 4.69) is 22.6 Å². The quantitative estimate of drug-likeness (QED) is 0.495. The molecule has 0 aliphatic carbocycles. The summed E-state index contributed by atoms with van der Waals surface area (Å²) in [6.45, 7) is 1.86. The van der Waals surface area contributed by atoms with Gasteiger partial charge in [0.1, 0.15) is 5.84 Å².